The van der Waals surface area contributed by atoms with Crippen LogP contribution in [-0.2, 0) is 11.2 Å². The van der Waals surface area contributed by atoms with Gasteiger partial charge in [-0.1, -0.05) is 24.3 Å². The van der Waals surface area contributed by atoms with E-state index in [4.69, 9.17) is 0 Å². The van der Waals surface area contributed by atoms with E-state index < -0.39 is 0 Å². The summed E-state index contributed by atoms with van der Waals surface area (Å²) in [5.74, 6) is 0.894. The van der Waals surface area contributed by atoms with Crippen molar-refractivity contribution in [2.75, 3.05) is 19.6 Å². The Morgan fingerprint density at radius 1 is 1.24 bits per heavy atom. The molecule has 1 aromatic rings. The van der Waals surface area contributed by atoms with E-state index >= 15 is 0 Å². The Kier molecular flexibility index (Phi) is 6.07. The molecule has 1 fully saturated rings. The van der Waals surface area contributed by atoms with Gasteiger partial charge in [0.25, 0.3) is 0 Å². The SMILES string of the molecule is Cl.O=C(NCC1CCCNC1)C1CCCc2ccccc21. The van der Waals surface area contributed by atoms with Crippen molar-refractivity contribution in [2.45, 2.75) is 38.0 Å². The number of piperidine rings is 1. The largest absolute Gasteiger partial charge is 0.355 e. The lowest BCUT2D eigenvalue weighted by Gasteiger charge is -2.27. The number of benzene rings is 1. The van der Waals surface area contributed by atoms with Crippen molar-refractivity contribution >= 4 is 18.3 Å². The fourth-order valence-electron chi connectivity index (χ4n) is 3.49. The number of rotatable bonds is 3. The Hall–Kier alpha value is -1.06. The van der Waals surface area contributed by atoms with Gasteiger partial charge >= 0.3 is 0 Å². The maximum Gasteiger partial charge on any atom is 0.227 e. The molecule has 1 heterocycles. The van der Waals surface area contributed by atoms with Crippen LogP contribution >= 0.6 is 12.4 Å². The molecular formula is C17H25ClN2O. The van der Waals surface area contributed by atoms with E-state index in [0.717, 1.165) is 38.9 Å². The summed E-state index contributed by atoms with van der Waals surface area (Å²) in [6.45, 7) is 2.99. The topological polar surface area (TPSA) is 41.1 Å². The van der Waals surface area contributed by atoms with Gasteiger partial charge in [0.15, 0.2) is 0 Å². The van der Waals surface area contributed by atoms with Crippen LogP contribution in [0.4, 0.5) is 0 Å². The van der Waals surface area contributed by atoms with Gasteiger partial charge in [-0.3, -0.25) is 4.79 Å². The van der Waals surface area contributed by atoms with Crippen LogP contribution in [0.3, 0.4) is 0 Å². The summed E-state index contributed by atoms with van der Waals surface area (Å²) in [5, 5.41) is 6.59. The molecule has 4 heteroatoms. The first-order valence-electron chi connectivity index (χ1n) is 7.91. The molecule has 21 heavy (non-hydrogen) atoms. The zero-order valence-corrected chi connectivity index (χ0v) is 13.3. The quantitative estimate of drug-likeness (QED) is 0.901. The van der Waals surface area contributed by atoms with Crippen LogP contribution in [0, 0.1) is 5.92 Å². The number of carbonyl (C=O) groups excluding carboxylic acids is 1. The molecule has 0 radical (unpaired) electrons. The van der Waals surface area contributed by atoms with Crippen LogP contribution in [0.25, 0.3) is 0 Å². The summed E-state index contributed by atoms with van der Waals surface area (Å²) in [6.07, 6.45) is 5.69. The van der Waals surface area contributed by atoms with Crippen molar-refractivity contribution in [3.8, 4) is 0 Å². The van der Waals surface area contributed by atoms with Crippen molar-refractivity contribution < 1.29 is 4.79 Å². The molecule has 0 spiro atoms. The average Bonchev–Trinajstić information content (AvgIpc) is 2.53. The Morgan fingerprint density at radius 2 is 2.10 bits per heavy atom. The molecule has 3 rings (SSSR count). The first kappa shape index (κ1) is 16.3. The number of amides is 1. The van der Waals surface area contributed by atoms with Crippen LogP contribution in [0.2, 0.25) is 0 Å². The number of nitrogens with one attached hydrogen (secondary N) is 2. The number of carbonyl (C=O) groups is 1. The maximum absolute atomic E-state index is 12.5. The van der Waals surface area contributed by atoms with Gasteiger partial charge in [0.1, 0.15) is 0 Å². The second-order valence-corrected chi connectivity index (χ2v) is 6.10. The van der Waals surface area contributed by atoms with Crippen LogP contribution in [0.5, 0.6) is 0 Å². The minimum absolute atomic E-state index is 0. The molecule has 2 unspecified atom stereocenters. The Morgan fingerprint density at radius 3 is 2.90 bits per heavy atom. The third-order valence-corrected chi connectivity index (χ3v) is 4.65. The highest BCUT2D eigenvalue weighted by atomic mass is 35.5. The van der Waals surface area contributed by atoms with E-state index in [1.54, 1.807) is 0 Å². The highest BCUT2D eigenvalue weighted by Crippen LogP contribution is 2.31. The van der Waals surface area contributed by atoms with Crippen molar-refractivity contribution in [1.29, 1.82) is 0 Å². The smallest absolute Gasteiger partial charge is 0.227 e. The number of halogens is 1. The molecule has 0 saturated carbocycles. The first-order chi connectivity index (χ1) is 9.84. The van der Waals surface area contributed by atoms with E-state index in [2.05, 4.69) is 34.9 Å². The summed E-state index contributed by atoms with van der Waals surface area (Å²) in [6, 6.07) is 8.42. The predicted molar refractivity (Wildman–Crippen MR) is 88.0 cm³/mol. The normalized spacial score (nSPS) is 24.6. The molecule has 1 aliphatic heterocycles. The van der Waals surface area contributed by atoms with Gasteiger partial charge < -0.3 is 10.6 Å². The van der Waals surface area contributed by atoms with Crippen molar-refractivity contribution in [3.63, 3.8) is 0 Å². The number of aryl methyl sites for hydroxylation is 1. The van der Waals surface area contributed by atoms with Gasteiger partial charge in [0.2, 0.25) is 5.91 Å². The Bertz CT molecular complexity index is 472. The summed E-state index contributed by atoms with van der Waals surface area (Å²) in [4.78, 5) is 12.5. The lowest BCUT2D eigenvalue weighted by molar-refractivity contribution is -0.123. The zero-order chi connectivity index (χ0) is 13.8. The van der Waals surface area contributed by atoms with Gasteiger partial charge in [0.05, 0.1) is 5.92 Å². The molecule has 0 bridgehead atoms. The lowest BCUT2D eigenvalue weighted by Crippen LogP contribution is -2.40. The Labute approximate surface area is 133 Å². The summed E-state index contributed by atoms with van der Waals surface area (Å²) in [7, 11) is 0. The maximum atomic E-state index is 12.5. The van der Waals surface area contributed by atoms with Crippen LogP contribution < -0.4 is 10.6 Å². The number of hydrogen-bond donors (Lipinski definition) is 2. The molecule has 1 aromatic carbocycles. The van der Waals surface area contributed by atoms with Gasteiger partial charge in [-0.2, -0.15) is 0 Å². The fraction of sp³-hybridized carbons (Fsp3) is 0.588. The molecule has 116 valence electrons. The monoisotopic (exact) mass is 308 g/mol. The average molecular weight is 309 g/mol. The van der Waals surface area contributed by atoms with Crippen molar-refractivity contribution in [3.05, 3.63) is 35.4 Å². The van der Waals surface area contributed by atoms with Crippen LogP contribution in [-0.4, -0.2) is 25.5 Å². The minimum atomic E-state index is 0. The van der Waals surface area contributed by atoms with Gasteiger partial charge in [-0.25, -0.2) is 0 Å². The second kappa shape index (κ2) is 7.81. The highest BCUT2D eigenvalue weighted by Gasteiger charge is 2.26. The van der Waals surface area contributed by atoms with Gasteiger partial charge in [-0.05, 0) is 62.2 Å². The van der Waals surface area contributed by atoms with E-state index in [-0.39, 0.29) is 24.2 Å². The summed E-state index contributed by atoms with van der Waals surface area (Å²) in [5.41, 5.74) is 2.61. The standard InChI is InChI=1S/C17H24N2O.ClH/c20-17(19-12-13-5-4-10-18-11-13)16-9-3-7-14-6-1-2-8-15(14)16;/h1-2,6,8,13,16,18H,3-5,7,9-12H2,(H,19,20);1H. The highest BCUT2D eigenvalue weighted by molar-refractivity contribution is 5.85. The van der Waals surface area contributed by atoms with Crippen molar-refractivity contribution in [2.24, 2.45) is 5.92 Å². The lowest BCUT2D eigenvalue weighted by atomic mass is 9.82. The molecule has 2 atom stereocenters. The van der Waals surface area contributed by atoms with Gasteiger partial charge in [0, 0.05) is 6.54 Å². The second-order valence-electron chi connectivity index (χ2n) is 6.10. The Balaban J connectivity index is 0.00000161. The number of fused-ring (bicyclic) bond motifs is 1. The van der Waals surface area contributed by atoms with Crippen molar-refractivity contribution in [1.82, 2.24) is 10.6 Å². The molecule has 2 N–H and O–H groups in total. The summed E-state index contributed by atoms with van der Waals surface area (Å²) < 4.78 is 0. The van der Waals surface area contributed by atoms with E-state index in [1.165, 1.54) is 24.0 Å². The molecule has 1 aliphatic carbocycles. The molecule has 3 nitrogen and oxygen atoms in total. The third kappa shape index (κ3) is 3.98. The fourth-order valence-corrected chi connectivity index (χ4v) is 3.49. The summed E-state index contributed by atoms with van der Waals surface area (Å²) >= 11 is 0. The molecule has 1 saturated heterocycles. The van der Waals surface area contributed by atoms with Crippen LogP contribution in [0.1, 0.15) is 42.7 Å². The molecule has 2 aliphatic rings. The van der Waals surface area contributed by atoms with E-state index in [1.807, 2.05) is 0 Å². The molecule has 1 amide bonds. The van der Waals surface area contributed by atoms with E-state index in [0.29, 0.717) is 5.92 Å². The van der Waals surface area contributed by atoms with Gasteiger partial charge in [-0.15, -0.1) is 12.4 Å². The number of hydrogen-bond acceptors (Lipinski definition) is 2. The van der Waals surface area contributed by atoms with E-state index in [9.17, 15) is 4.79 Å². The predicted octanol–water partition coefficient (Wildman–Crippen LogP) is 2.64. The minimum Gasteiger partial charge on any atom is -0.355 e. The van der Waals surface area contributed by atoms with Crippen LogP contribution in [0.15, 0.2) is 24.3 Å². The first-order valence-corrected chi connectivity index (χ1v) is 7.91. The zero-order valence-electron chi connectivity index (χ0n) is 12.4. The molecular weight excluding hydrogens is 284 g/mol. The molecule has 0 aromatic heterocycles. The third-order valence-electron chi connectivity index (χ3n) is 4.65.